The summed E-state index contributed by atoms with van der Waals surface area (Å²) in [6.45, 7) is 7.32. The summed E-state index contributed by atoms with van der Waals surface area (Å²) in [6.07, 6.45) is 0. The van der Waals surface area contributed by atoms with Gasteiger partial charge in [-0.2, -0.15) is 5.10 Å². The van der Waals surface area contributed by atoms with Crippen LogP contribution in [0, 0.1) is 0 Å². The molecule has 0 aliphatic carbocycles. The van der Waals surface area contributed by atoms with Crippen LogP contribution in [0.15, 0.2) is 18.2 Å². The molecule has 0 aliphatic heterocycles. The SMILES string of the molecule is CCn1nc(N)c2ccc(C(C)C)cc21. The van der Waals surface area contributed by atoms with Gasteiger partial charge in [0.1, 0.15) is 0 Å². The molecule has 2 aromatic rings. The van der Waals surface area contributed by atoms with Gasteiger partial charge in [0.05, 0.1) is 5.52 Å². The van der Waals surface area contributed by atoms with Crippen molar-refractivity contribution in [2.75, 3.05) is 5.73 Å². The summed E-state index contributed by atoms with van der Waals surface area (Å²) >= 11 is 0. The first-order chi connectivity index (χ1) is 7.13. The predicted octanol–water partition coefficient (Wildman–Crippen LogP) is 2.76. The molecule has 0 fully saturated rings. The standard InChI is InChI=1S/C12H17N3/c1-4-15-11-7-9(8(2)3)5-6-10(11)12(13)14-15/h5-8H,4H2,1-3H3,(H2,13,14). The lowest BCUT2D eigenvalue weighted by Crippen LogP contribution is -1.97. The van der Waals surface area contributed by atoms with E-state index >= 15 is 0 Å². The molecular formula is C12H17N3. The maximum Gasteiger partial charge on any atom is 0.153 e. The van der Waals surface area contributed by atoms with Crippen LogP contribution in [0.5, 0.6) is 0 Å². The summed E-state index contributed by atoms with van der Waals surface area (Å²) in [5.74, 6) is 1.16. The van der Waals surface area contributed by atoms with Gasteiger partial charge in [0.25, 0.3) is 0 Å². The van der Waals surface area contributed by atoms with Gasteiger partial charge in [0, 0.05) is 11.9 Å². The van der Waals surface area contributed by atoms with Crippen LogP contribution in [-0.4, -0.2) is 9.78 Å². The largest absolute Gasteiger partial charge is 0.382 e. The molecule has 2 rings (SSSR count). The average molecular weight is 203 g/mol. The zero-order chi connectivity index (χ0) is 11.0. The van der Waals surface area contributed by atoms with E-state index in [4.69, 9.17) is 5.73 Å². The third kappa shape index (κ3) is 1.58. The highest BCUT2D eigenvalue weighted by Gasteiger charge is 2.08. The number of nitrogen functional groups attached to an aromatic ring is 1. The molecule has 1 aromatic carbocycles. The lowest BCUT2D eigenvalue weighted by Gasteiger charge is -2.05. The molecule has 2 N–H and O–H groups in total. The number of hydrogen-bond donors (Lipinski definition) is 1. The van der Waals surface area contributed by atoms with Crippen LogP contribution in [0.1, 0.15) is 32.3 Å². The zero-order valence-corrected chi connectivity index (χ0v) is 9.49. The third-order valence-electron chi connectivity index (χ3n) is 2.77. The minimum Gasteiger partial charge on any atom is -0.382 e. The van der Waals surface area contributed by atoms with Gasteiger partial charge >= 0.3 is 0 Å². The van der Waals surface area contributed by atoms with Crippen LogP contribution in [0.4, 0.5) is 5.82 Å². The molecule has 80 valence electrons. The van der Waals surface area contributed by atoms with E-state index in [1.165, 1.54) is 5.56 Å². The normalized spacial score (nSPS) is 11.5. The lowest BCUT2D eigenvalue weighted by atomic mass is 10.0. The number of aryl methyl sites for hydroxylation is 1. The summed E-state index contributed by atoms with van der Waals surface area (Å²) < 4.78 is 1.95. The highest BCUT2D eigenvalue weighted by atomic mass is 15.3. The summed E-state index contributed by atoms with van der Waals surface area (Å²) in [5.41, 5.74) is 8.32. The molecule has 15 heavy (non-hydrogen) atoms. The second-order valence-corrected chi connectivity index (χ2v) is 4.13. The van der Waals surface area contributed by atoms with Crippen molar-refractivity contribution in [2.24, 2.45) is 0 Å². The molecular weight excluding hydrogens is 186 g/mol. The van der Waals surface area contributed by atoms with Gasteiger partial charge in [0.2, 0.25) is 0 Å². The monoisotopic (exact) mass is 203 g/mol. The van der Waals surface area contributed by atoms with Crippen LogP contribution in [0.25, 0.3) is 10.9 Å². The van der Waals surface area contributed by atoms with Crippen LogP contribution in [0.2, 0.25) is 0 Å². The lowest BCUT2D eigenvalue weighted by molar-refractivity contribution is 0.686. The number of anilines is 1. The molecule has 0 aliphatic rings. The van der Waals surface area contributed by atoms with Crippen molar-refractivity contribution in [1.29, 1.82) is 0 Å². The number of aromatic nitrogens is 2. The number of nitrogens with two attached hydrogens (primary N) is 1. The second-order valence-electron chi connectivity index (χ2n) is 4.13. The van der Waals surface area contributed by atoms with Crippen LogP contribution < -0.4 is 5.73 Å². The molecule has 0 atom stereocenters. The molecule has 3 heteroatoms. The summed E-state index contributed by atoms with van der Waals surface area (Å²) in [6, 6.07) is 6.39. The fourth-order valence-corrected chi connectivity index (χ4v) is 1.82. The molecule has 0 saturated heterocycles. The maximum atomic E-state index is 5.85. The topological polar surface area (TPSA) is 43.8 Å². The van der Waals surface area contributed by atoms with Crippen molar-refractivity contribution in [1.82, 2.24) is 9.78 Å². The van der Waals surface area contributed by atoms with Gasteiger partial charge in [-0.25, -0.2) is 0 Å². The number of benzene rings is 1. The van der Waals surface area contributed by atoms with Gasteiger partial charge in [0.15, 0.2) is 5.82 Å². The van der Waals surface area contributed by atoms with Crippen molar-refractivity contribution >= 4 is 16.7 Å². The second kappa shape index (κ2) is 3.57. The van der Waals surface area contributed by atoms with E-state index in [9.17, 15) is 0 Å². The Morgan fingerprint density at radius 3 is 2.73 bits per heavy atom. The van der Waals surface area contributed by atoms with Gasteiger partial charge in [-0.05, 0) is 30.5 Å². The first kappa shape index (κ1) is 10.0. The molecule has 0 radical (unpaired) electrons. The molecule has 0 saturated carbocycles. The summed E-state index contributed by atoms with van der Waals surface area (Å²) in [4.78, 5) is 0. The van der Waals surface area contributed by atoms with Gasteiger partial charge < -0.3 is 5.73 Å². The molecule has 1 heterocycles. The Balaban J connectivity index is 2.68. The van der Waals surface area contributed by atoms with E-state index in [0.29, 0.717) is 11.7 Å². The Morgan fingerprint density at radius 1 is 1.40 bits per heavy atom. The van der Waals surface area contributed by atoms with Gasteiger partial charge in [-0.1, -0.05) is 19.9 Å². The molecule has 3 nitrogen and oxygen atoms in total. The average Bonchev–Trinajstić information content (AvgIpc) is 2.55. The van der Waals surface area contributed by atoms with Gasteiger partial charge in [-0.15, -0.1) is 0 Å². The Bertz CT molecular complexity index is 483. The van der Waals surface area contributed by atoms with Crippen molar-refractivity contribution in [3.05, 3.63) is 23.8 Å². The Labute approximate surface area is 89.9 Å². The van der Waals surface area contributed by atoms with Crippen LogP contribution in [-0.2, 0) is 6.54 Å². The number of hydrogen-bond acceptors (Lipinski definition) is 2. The minimum atomic E-state index is 0.538. The molecule has 0 unspecified atom stereocenters. The maximum absolute atomic E-state index is 5.85. The number of nitrogens with zero attached hydrogens (tertiary/aromatic N) is 2. The van der Waals surface area contributed by atoms with Crippen molar-refractivity contribution in [3.63, 3.8) is 0 Å². The van der Waals surface area contributed by atoms with E-state index in [1.807, 2.05) is 4.68 Å². The Morgan fingerprint density at radius 2 is 2.13 bits per heavy atom. The van der Waals surface area contributed by atoms with Crippen molar-refractivity contribution < 1.29 is 0 Å². The molecule has 0 amide bonds. The first-order valence-electron chi connectivity index (χ1n) is 5.39. The fraction of sp³-hybridized carbons (Fsp3) is 0.417. The van der Waals surface area contributed by atoms with E-state index in [1.54, 1.807) is 0 Å². The highest BCUT2D eigenvalue weighted by Crippen LogP contribution is 2.25. The van der Waals surface area contributed by atoms with Gasteiger partial charge in [-0.3, -0.25) is 4.68 Å². The quantitative estimate of drug-likeness (QED) is 0.815. The van der Waals surface area contributed by atoms with Crippen LogP contribution in [0.3, 0.4) is 0 Å². The summed E-state index contributed by atoms with van der Waals surface area (Å²) in [7, 11) is 0. The van der Waals surface area contributed by atoms with Crippen LogP contribution >= 0.6 is 0 Å². The smallest absolute Gasteiger partial charge is 0.153 e. The van der Waals surface area contributed by atoms with E-state index < -0.39 is 0 Å². The predicted molar refractivity (Wildman–Crippen MR) is 63.9 cm³/mol. The Hall–Kier alpha value is -1.51. The molecule has 1 aromatic heterocycles. The van der Waals surface area contributed by atoms with E-state index in [0.717, 1.165) is 17.4 Å². The Kier molecular flexibility index (Phi) is 2.39. The van der Waals surface area contributed by atoms with Crippen molar-refractivity contribution in [2.45, 2.75) is 33.2 Å². The highest BCUT2D eigenvalue weighted by molar-refractivity contribution is 5.89. The number of rotatable bonds is 2. The van der Waals surface area contributed by atoms with E-state index in [-0.39, 0.29) is 0 Å². The molecule has 0 bridgehead atoms. The summed E-state index contributed by atoms with van der Waals surface area (Å²) in [5, 5.41) is 5.36. The minimum absolute atomic E-state index is 0.538. The fourth-order valence-electron chi connectivity index (χ4n) is 1.82. The zero-order valence-electron chi connectivity index (χ0n) is 9.49. The third-order valence-corrected chi connectivity index (χ3v) is 2.77. The first-order valence-corrected chi connectivity index (χ1v) is 5.39. The van der Waals surface area contributed by atoms with Crippen molar-refractivity contribution in [3.8, 4) is 0 Å². The van der Waals surface area contributed by atoms with E-state index in [2.05, 4.69) is 44.1 Å². The molecule has 0 spiro atoms. The number of fused-ring (bicyclic) bond motifs is 1.